The Labute approximate surface area is 302 Å². The normalized spacial score (nSPS) is 53.2. The van der Waals surface area contributed by atoms with Crippen molar-refractivity contribution in [1.29, 1.82) is 0 Å². The molecule has 0 aromatic carbocycles. The number of nitrogens with two attached hydrogens (primary N) is 1. The van der Waals surface area contributed by atoms with Crippen LogP contribution in [0, 0.1) is 17.8 Å². The van der Waals surface area contributed by atoms with Gasteiger partial charge >= 0.3 is 0 Å². The first kappa shape index (κ1) is 35.5. The number of aliphatic hydroxyl groups excluding tert-OH is 1. The van der Waals surface area contributed by atoms with Gasteiger partial charge in [0.25, 0.3) is 0 Å². The van der Waals surface area contributed by atoms with Gasteiger partial charge in [0.1, 0.15) is 36.3 Å². The number of ether oxygens (including phenoxy) is 8. The van der Waals surface area contributed by atoms with Crippen molar-refractivity contribution in [3.8, 4) is 0 Å². The zero-order valence-corrected chi connectivity index (χ0v) is 30.4. The summed E-state index contributed by atoms with van der Waals surface area (Å²) in [5, 5.41) is 10.5. The third-order valence-electron chi connectivity index (χ3n) is 14.2. The molecule has 11 heteroatoms. The van der Waals surface area contributed by atoms with Crippen molar-refractivity contribution in [2.75, 3.05) is 6.54 Å². The molecule has 0 aromatic heterocycles. The van der Waals surface area contributed by atoms with Crippen molar-refractivity contribution in [3.05, 3.63) is 24.3 Å². The van der Waals surface area contributed by atoms with Gasteiger partial charge in [-0.2, -0.15) is 0 Å². The van der Waals surface area contributed by atoms with E-state index in [9.17, 15) is 9.90 Å². The highest BCUT2D eigenvalue weighted by Gasteiger charge is 2.68. The van der Waals surface area contributed by atoms with Crippen LogP contribution >= 0.6 is 0 Å². The highest BCUT2D eigenvalue weighted by molar-refractivity contribution is 5.79. The van der Waals surface area contributed by atoms with Gasteiger partial charge in [0.2, 0.25) is 0 Å². The lowest BCUT2D eigenvalue weighted by atomic mass is 9.78. The van der Waals surface area contributed by atoms with Gasteiger partial charge in [-0.05, 0) is 73.8 Å². The third kappa shape index (κ3) is 6.53. The number of aliphatic hydroxyl groups is 1. The van der Waals surface area contributed by atoms with E-state index >= 15 is 0 Å². The Morgan fingerprint density at radius 2 is 1.51 bits per heavy atom. The van der Waals surface area contributed by atoms with Crippen molar-refractivity contribution in [2.24, 2.45) is 23.5 Å². The summed E-state index contributed by atoms with van der Waals surface area (Å²) < 4.78 is 54.0. The topological polar surface area (TPSA) is 137 Å². The second-order valence-electron chi connectivity index (χ2n) is 17.6. The minimum atomic E-state index is -0.765. The van der Waals surface area contributed by atoms with Crippen LogP contribution in [0.15, 0.2) is 24.3 Å². The molecular formula is C40H59NO10. The number of Topliss-reactive ketones (excluding diaryl/α,β-unsaturated/α-hetero) is 1. The molecule has 51 heavy (non-hydrogen) atoms. The Morgan fingerprint density at radius 1 is 0.765 bits per heavy atom. The molecule has 19 atom stereocenters. The number of hydrogen-bond acceptors (Lipinski definition) is 11. The summed E-state index contributed by atoms with van der Waals surface area (Å²) >= 11 is 0. The van der Waals surface area contributed by atoms with E-state index < -0.39 is 11.9 Å². The quantitative estimate of drug-likeness (QED) is 0.410. The van der Waals surface area contributed by atoms with Crippen molar-refractivity contribution < 1.29 is 47.8 Å². The standard InChI is InChI=1S/C40H59NO10/c1-19-11-25-5-7-29-20(2)12-27(44-29)9-10-40-17-34-36(50-40)37-38(49-34)39(51-40)35-30(48-37)8-6-26(46-35)13-23(42)14-28-22(4)31(15-24(43)18-41)47-33(28)16-32(45-25)21(19)3/h19,22,24-39,43H,2-3,5-18,41H2,1,4H3/t19-,22-,24?,25+,26-,27+,28?,29?,30+,31-,32-,33?,34-,35+,36?,37+,38-,39+,40+/m1/s1. The Balaban J connectivity index is 0.986. The largest absolute Gasteiger partial charge is 0.392 e. The average Bonchev–Trinajstić information content (AvgIpc) is 3.77. The molecule has 10 aliphatic heterocycles. The SMILES string of the molecule is C=C1C[C@@H]2CC[C@@]34C[C@H]5O[C@H]6[C@@H](O3)[C@H]3O[C@H](CC[C@@H]3O[C@H]6C5O4)CC(=O)CC3C(C[C@H]4O[C@@H](CCC1O2)C[C@@H](C)C4=C)O[C@H](CC(O)CN)[C@@H]3C. The molecule has 0 amide bonds. The molecule has 0 radical (unpaired) electrons. The monoisotopic (exact) mass is 713 g/mol. The molecule has 0 aliphatic carbocycles. The zero-order valence-electron chi connectivity index (χ0n) is 30.4. The van der Waals surface area contributed by atoms with Crippen LogP contribution in [0.25, 0.3) is 0 Å². The number of hydrogen-bond donors (Lipinski definition) is 2. The van der Waals surface area contributed by atoms with Gasteiger partial charge in [-0.15, -0.1) is 0 Å². The summed E-state index contributed by atoms with van der Waals surface area (Å²) in [7, 11) is 0. The molecule has 5 unspecified atom stereocenters. The number of fused-ring (bicyclic) bond motifs is 6. The lowest BCUT2D eigenvalue weighted by molar-refractivity contribution is -0.292. The van der Waals surface area contributed by atoms with Gasteiger partial charge in [-0.25, -0.2) is 0 Å². The van der Waals surface area contributed by atoms with E-state index in [1.165, 1.54) is 0 Å². The smallest absolute Gasteiger partial charge is 0.172 e. The zero-order chi connectivity index (χ0) is 35.2. The van der Waals surface area contributed by atoms with Crippen molar-refractivity contribution >= 4 is 5.78 Å². The average molecular weight is 714 g/mol. The minimum Gasteiger partial charge on any atom is -0.392 e. The van der Waals surface area contributed by atoms with E-state index in [1.54, 1.807) is 0 Å². The Bertz CT molecular complexity index is 1360. The molecule has 3 N–H and O–H groups in total. The molecule has 10 fully saturated rings. The summed E-state index contributed by atoms with van der Waals surface area (Å²) in [6.07, 6.45) is 6.43. The summed E-state index contributed by atoms with van der Waals surface area (Å²) in [5.41, 5.74) is 8.06. The predicted octanol–water partition coefficient (Wildman–Crippen LogP) is 4.06. The van der Waals surface area contributed by atoms with Crippen molar-refractivity contribution in [3.63, 3.8) is 0 Å². The molecule has 284 valence electrons. The van der Waals surface area contributed by atoms with E-state index in [2.05, 4.69) is 27.0 Å². The first-order valence-electron chi connectivity index (χ1n) is 20.1. The molecule has 10 saturated heterocycles. The fraction of sp³-hybridized carbons (Fsp3) is 0.875. The van der Waals surface area contributed by atoms with Gasteiger partial charge in [0, 0.05) is 45.1 Å². The maximum absolute atomic E-state index is 14.0. The second-order valence-corrected chi connectivity index (χ2v) is 17.6. The summed E-state index contributed by atoms with van der Waals surface area (Å²) in [6.45, 7) is 13.5. The molecule has 1 spiro atoms. The first-order valence-corrected chi connectivity index (χ1v) is 20.1. The van der Waals surface area contributed by atoms with Crippen LogP contribution in [0.3, 0.4) is 0 Å². The Hall–Kier alpha value is -1.25. The summed E-state index contributed by atoms with van der Waals surface area (Å²) in [6, 6.07) is 0. The van der Waals surface area contributed by atoms with Gasteiger partial charge in [-0.1, -0.05) is 27.0 Å². The van der Waals surface area contributed by atoms with E-state index in [0.29, 0.717) is 44.4 Å². The second kappa shape index (κ2) is 13.8. The Morgan fingerprint density at radius 3 is 2.35 bits per heavy atom. The molecule has 0 aromatic rings. The van der Waals surface area contributed by atoms with Crippen LogP contribution in [0.2, 0.25) is 0 Å². The molecule has 10 heterocycles. The van der Waals surface area contributed by atoms with Gasteiger partial charge in [0.15, 0.2) is 5.79 Å². The maximum Gasteiger partial charge on any atom is 0.172 e. The number of carbonyl (C=O) groups is 1. The fourth-order valence-electron chi connectivity index (χ4n) is 11.3. The fourth-order valence-corrected chi connectivity index (χ4v) is 11.3. The highest BCUT2D eigenvalue weighted by atomic mass is 16.8. The van der Waals surface area contributed by atoms with Crippen molar-refractivity contribution in [2.45, 2.75) is 195 Å². The van der Waals surface area contributed by atoms with Crippen LogP contribution < -0.4 is 5.73 Å². The lowest BCUT2D eigenvalue weighted by Gasteiger charge is -2.47. The molecule has 12 bridgehead atoms. The van der Waals surface area contributed by atoms with Gasteiger partial charge in [-0.3, -0.25) is 4.79 Å². The molecule has 11 nitrogen and oxygen atoms in total. The van der Waals surface area contributed by atoms with Crippen LogP contribution in [0.5, 0.6) is 0 Å². The van der Waals surface area contributed by atoms with Crippen LogP contribution in [-0.4, -0.2) is 115 Å². The minimum absolute atomic E-state index is 0.00127. The van der Waals surface area contributed by atoms with Gasteiger partial charge < -0.3 is 48.7 Å². The van der Waals surface area contributed by atoms with Gasteiger partial charge in [0.05, 0.1) is 61.0 Å². The molecule has 10 aliphatic rings. The predicted molar refractivity (Wildman–Crippen MR) is 185 cm³/mol. The highest BCUT2D eigenvalue weighted by Crippen LogP contribution is 2.54. The van der Waals surface area contributed by atoms with Crippen LogP contribution in [0.4, 0.5) is 0 Å². The number of rotatable bonds is 3. The lowest BCUT2D eigenvalue weighted by Crippen LogP contribution is -2.61. The Kier molecular flexibility index (Phi) is 9.59. The third-order valence-corrected chi connectivity index (χ3v) is 14.2. The van der Waals surface area contributed by atoms with Crippen molar-refractivity contribution in [1.82, 2.24) is 0 Å². The first-order chi connectivity index (χ1) is 24.6. The van der Waals surface area contributed by atoms with Crippen LogP contribution in [0.1, 0.15) is 97.3 Å². The van der Waals surface area contributed by atoms with E-state index in [4.69, 9.17) is 43.6 Å². The number of carbonyl (C=O) groups excluding carboxylic acids is 1. The molecular weight excluding hydrogens is 654 g/mol. The molecule has 0 saturated carbocycles. The summed E-state index contributed by atoms with van der Waals surface area (Å²) in [4.78, 5) is 14.0. The maximum atomic E-state index is 14.0. The van der Waals surface area contributed by atoms with Crippen LogP contribution in [-0.2, 0) is 42.7 Å². The summed E-state index contributed by atoms with van der Waals surface area (Å²) in [5.74, 6) is -0.222. The van der Waals surface area contributed by atoms with E-state index in [1.807, 2.05) is 0 Å². The molecule has 10 rings (SSSR count). The van der Waals surface area contributed by atoms with E-state index in [-0.39, 0.29) is 110 Å². The van der Waals surface area contributed by atoms with E-state index in [0.717, 1.165) is 56.1 Å². The number of ketones is 1.